The van der Waals surface area contributed by atoms with Gasteiger partial charge in [0.25, 0.3) is 0 Å². The van der Waals surface area contributed by atoms with E-state index in [-0.39, 0.29) is 6.04 Å². The summed E-state index contributed by atoms with van der Waals surface area (Å²) in [5.74, 6) is -0.802. The summed E-state index contributed by atoms with van der Waals surface area (Å²) >= 11 is 0. The van der Waals surface area contributed by atoms with Crippen molar-refractivity contribution in [3.05, 3.63) is 17.7 Å². The van der Waals surface area contributed by atoms with E-state index in [9.17, 15) is 4.79 Å². The summed E-state index contributed by atoms with van der Waals surface area (Å²) in [4.78, 5) is 18.0. The molecule has 1 aliphatic heterocycles. The highest BCUT2D eigenvalue weighted by Gasteiger charge is 2.30. The van der Waals surface area contributed by atoms with Crippen molar-refractivity contribution in [2.75, 3.05) is 0 Å². The zero-order chi connectivity index (χ0) is 10.1. The first-order valence-electron chi connectivity index (χ1n) is 4.73. The van der Waals surface area contributed by atoms with Crippen LogP contribution in [-0.2, 0) is 11.2 Å². The molecule has 0 saturated carbocycles. The van der Waals surface area contributed by atoms with Gasteiger partial charge >= 0.3 is 5.97 Å². The number of aromatic nitrogens is 2. The lowest BCUT2D eigenvalue weighted by Gasteiger charge is -2.26. The van der Waals surface area contributed by atoms with Gasteiger partial charge in [0, 0.05) is 12.1 Å². The minimum atomic E-state index is -0.802. The number of hydrogen-bond donors (Lipinski definition) is 3. The first-order chi connectivity index (χ1) is 6.72. The molecule has 1 aliphatic rings. The fraction of sp³-hybridized carbons (Fsp3) is 0.556. The molecular formula is C9H13N3O2. The lowest BCUT2D eigenvalue weighted by Crippen LogP contribution is -2.44. The highest BCUT2D eigenvalue weighted by atomic mass is 16.4. The van der Waals surface area contributed by atoms with Crippen LogP contribution < -0.4 is 5.32 Å². The number of H-pyrrole nitrogens is 1. The van der Waals surface area contributed by atoms with Crippen LogP contribution in [0.4, 0.5) is 0 Å². The molecule has 5 heteroatoms. The molecule has 14 heavy (non-hydrogen) atoms. The van der Waals surface area contributed by atoms with Gasteiger partial charge in [0.1, 0.15) is 6.04 Å². The fourth-order valence-corrected chi connectivity index (χ4v) is 1.85. The Labute approximate surface area is 81.5 Å². The van der Waals surface area contributed by atoms with E-state index in [1.807, 2.05) is 6.92 Å². The first-order valence-corrected chi connectivity index (χ1v) is 4.73. The maximum absolute atomic E-state index is 10.9. The molecular weight excluding hydrogens is 182 g/mol. The van der Waals surface area contributed by atoms with Crippen LogP contribution in [0.5, 0.6) is 0 Å². The number of carboxylic acids is 1. The van der Waals surface area contributed by atoms with E-state index in [0.717, 1.165) is 17.8 Å². The number of fused-ring (bicyclic) bond motifs is 1. The van der Waals surface area contributed by atoms with Crippen molar-refractivity contribution in [3.63, 3.8) is 0 Å². The Hall–Kier alpha value is -1.36. The molecule has 0 bridgehead atoms. The molecule has 5 nitrogen and oxygen atoms in total. The highest BCUT2D eigenvalue weighted by Crippen LogP contribution is 2.24. The van der Waals surface area contributed by atoms with Gasteiger partial charge in [-0.25, -0.2) is 4.98 Å². The molecule has 2 heterocycles. The molecule has 0 fully saturated rings. The Morgan fingerprint density at radius 2 is 2.57 bits per heavy atom. The van der Waals surface area contributed by atoms with Crippen LogP contribution in [0.15, 0.2) is 6.33 Å². The third-order valence-corrected chi connectivity index (χ3v) is 2.60. The third-order valence-electron chi connectivity index (χ3n) is 2.60. The number of rotatable bonds is 2. The van der Waals surface area contributed by atoms with E-state index in [4.69, 9.17) is 5.11 Å². The smallest absolute Gasteiger partial charge is 0.321 e. The molecule has 76 valence electrons. The Morgan fingerprint density at radius 1 is 1.79 bits per heavy atom. The average Bonchev–Trinajstić information content (AvgIpc) is 2.63. The van der Waals surface area contributed by atoms with Crippen LogP contribution in [-0.4, -0.2) is 27.1 Å². The molecule has 1 aromatic rings. The van der Waals surface area contributed by atoms with Crippen molar-refractivity contribution in [3.8, 4) is 0 Å². The number of carbonyl (C=O) groups is 1. The van der Waals surface area contributed by atoms with Gasteiger partial charge in [-0.2, -0.15) is 0 Å². The molecule has 0 saturated heterocycles. The van der Waals surface area contributed by atoms with E-state index >= 15 is 0 Å². The van der Waals surface area contributed by atoms with Gasteiger partial charge in [-0.1, -0.05) is 6.92 Å². The predicted octanol–water partition coefficient (Wildman–Crippen LogP) is 0.460. The number of aromatic amines is 1. The molecule has 2 unspecified atom stereocenters. The van der Waals surface area contributed by atoms with Gasteiger partial charge in [-0.05, 0) is 6.42 Å². The largest absolute Gasteiger partial charge is 0.480 e. The second-order valence-electron chi connectivity index (χ2n) is 3.49. The second-order valence-corrected chi connectivity index (χ2v) is 3.49. The van der Waals surface area contributed by atoms with Crippen LogP contribution in [0.1, 0.15) is 30.8 Å². The molecule has 2 rings (SSSR count). The first kappa shape index (κ1) is 9.21. The predicted molar refractivity (Wildman–Crippen MR) is 49.9 cm³/mol. The zero-order valence-electron chi connectivity index (χ0n) is 7.95. The molecule has 0 aliphatic carbocycles. The standard InChI is InChI=1S/C9H13N3O2/c1-2-5-8-6(10-4-11-8)3-7(12-5)9(13)14/h4-5,7,12H,2-3H2,1H3,(H,10,11)(H,13,14). The van der Waals surface area contributed by atoms with Crippen molar-refractivity contribution >= 4 is 5.97 Å². The van der Waals surface area contributed by atoms with Crippen molar-refractivity contribution < 1.29 is 9.90 Å². The molecule has 0 aromatic carbocycles. The second kappa shape index (κ2) is 3.42. The van der Waals surface area contributed by atoms with Crippen LogP contribution in [0.2, 0.25) is 0 Å². The summed E-state index contributed by atoms with van der Waals surface area (Å²) in [6.45, 7) is 2.01. The number of nitrogens with one attached hydrogen (secondary N) is 2. The van der Waals surface area contributed by atoms with Crippen molar-refractivity contribution in [1.82, 2.24) is 15.3 Å². The van der Waals surface area contributed by atoms with Gasteiger partial charge in [0.2, 0.25) is 0 Å². The van der Waals surface area contributed by atoms with Gasteiger partial charge in [0.05, 0.1) is 18.1 Å². The normalized spacial score (nSPS) is 25.8. The van der Waals surface area contributed by atoms with E-state index < -0.39 is 12.0 Å². The van der Waals surface area contributed by atoms with Gasteiger partial charge < -0.3 is 10.1 Å². The Kier molecular flexibility index (Phi) is 2.25. The summed E-state index contributed by atoms with van der Waals surface area (Å²) in [7, 11) is 0. The van der Waals surface area contributed by atoms with Gasteiger partial charge in [-0.3, -0.25) is 10.1 Å². The van der Waals surface area contributed by atoms with E-state index in [2.05, 4.69) is 15.3 Å². The topological polar surface area (TPSA) is 78.0 Å². The molecule has 0 spiro atoms. The monoisotopic (exact) mass is 195 g/mol. The van der Waals surface area contributed by atoms with E-state index in [1.54, 1.807) is 6.33 Å². The summed E-state index contributed by atoms with van der Waals surface area (Å²) in [5.41, 5.74) is 1.91. The minimum Gasteiger partial charge on any atom is -0.480 e. The average molecular weight is 195 g/mol. The lowest BCUT2D eigenvalue weighted by atomic mass is 9.98. The quantitative estimate of drug-likeness (QED) is 0.640. The van der Waals surface area contributed by atoms with Crippen LogP contribution in [0.25, 0.3) is 0 Å². The van der Waals surface area contributed by atoms with Gasteiger partial charge in [0.15, 0.2) is 0 Å². The zero-order valence-corrected chi connectivity index (χ0v) is 7.95. The van der Waals surface area contributed by atoms with Crippen molar-refractivity contribution in [2.45, 2.75) is 31.8 Å². The molecule has 0 radical (unpaired) electrons. The Bertz CT molecular complexity index is 348. The van der Waals surface area contributed by atoms with Crippen molar-refractivity contribution in [1.29, 1.82) is 0 Å². The van der Waals surface area contributed by atoms with Crippen molar-refractivity contribution in [2.24, 2.45) is 0 Å². The summed E-state index contributed by atoms with van der Waals surface area (Å²) in [6, 6.07) is -0.431. The molecule has 0 amide bonds. The number of imidazole rings is 1. The lowest BCUT2D eigenvalue weighted by molar-refractivity contribution is -0.139. The Morgan fingerprint density at radius 3 is 3.21 bits per heavy atom. The molecule has 3 N–H and O–H groups in total. The number of hydrogen-bond acceptors (Lipinski definition) is 3. The van der Waals surface area contributed by atoms with Crippen LogP contribution >= 0.6 is 0 Å². The highest BCUT2D eigenvalue weighted by molar-refractivity contribution is 5.74. The van der Waals surface area contributed by atoms with E-state index in [1.165, 1.54) is 0 Å². The summed E-state index contributed by atoms with van der Waals surface area (Å²) in [5, 5.41) is 12.0. The summed E-state index contributed by atoms with van der Waals surface area (Å²) < 4.78 is 0. The Balaban J connectivity index is 2.28. The van der Waals surface area contributed by atoms with Gasteiger partial charge in [-0.15, -0.1) is 0 Å². The third kappa shape index (κ3) is 1.39. The van der Waals surface area contributed by atoms with Crippen LogP contribution in [0, 0.1) is 0 Å². The number of carboxylic acid groups (broad SMARTS) is 1. The number of nitrogens with zero attached hydrogens (tertiary/aromatic N) is 1. The fourth-order valence-electron chi connectivity index (χ4n) is 1.85. The van der Waals surface area contributed by atoms with Crippen LogP contribution in [0.3, 0.4) is 0 Å². The maximum atomic E-state index is 10.9. The minimum absolute atomic E-state index is 0.0612. The summed E-state index contributed by atoms with van der Waals surface area (Å²) in [6.07, 6.45) is 2.96. The maximum Gasteiger partial charge on any atom is 0.321 e. The van der Waals surface area contributed by atoms with E-state index in [0.29, 0.717) is 6.42 Å². The SMILES string of the molecule is CCC1NC(C(=O)O)Cc2[nH]cnc21. The number of aliphatic carboxylic acids is 1. The molecule has 2 atom stereocenters. The molecule has 1 aromatic heterocycles.